The van der Waals surface area contributed by atoms with Gasteiger partial charge in [-0.05, 0) is 96.4 Å². The molecule has 0 unspecified atom stereocenters. The van der Waals surface area contributed by atoms with E-state index in [9.17, 15) is 14.7 Å². The predicted molar refractivity (Wildman–Crippen MR) is 143 cm³/mol. The summed E-state index contributed by atoms with van der Waals surface area (Å²) in [4.78, 5) is 28.0. The summed E-state index contributed by atoms with van der Waals surface area (Å²) in [5.74, 6) is 0.00335. The summed E-state index contributed by atoms with van der Waals surface area (Å²) in [6.45, 7) is 1.09. The van der Waals surface area contributed by atoms with Gasteiger partial charge < -0.3 is 15.2 Å². The maximum atomic E-state index is 12.5. The molecule has 0 aliphatic heterocycles. The van der Waals surface area contributed by atoms with Crippen molar-refractivity contribution in [2.75, 3.05) is 13.2 Å². The highest BCUT2D eigenvalue weighted by atomic mass is 16.5. The third-order valence-electron chi connectivity index (χ3n) is 8.02. The van der Waals surface area contributed by atoms with Gasteiger partial charge >= 0.3 is 5.97 Å². The maximum Gasteiger partial charge on any atom is 0.306 e. The lowest BCUT2D eigenvalue weighted by Crippen LogP contribution is -2.32. The van der Waals surface area contributed by atoms with E-state index in [2.05, 4.69) is 22.4 Å². The number of amides is 1. The fourth-order valence-electron chi connectivity index (χ4n) is 5.93. The van der Waals surface area contributed by atoms with Crippen LogP contribution in [-0.2, 0) is 27.8 Å². The SMILES string of the molecule is O=C(Cc1cccc(-c2cccnc2)c1)NCCCOc1ccc2c(c1)C1(CC2)CCC(C(=O)O)CC1. The minimum Gasteiger partial charge on any atom is -0.494 e. The molecule has 1 fully saturated rings. The number of carboxylic acid groups (broad SMARTS) is 1. The zero-order valence-corrected chi connectivity index (χ0v) is 21.1. The van der Waals surface area contributed by atoms with Crippen LogP contribution in [0, 0.1) is 5.92 Å². The number of carboxylic acids is 1. The third kappa shape index (κ3) is 5.85. The number of pyridine rings is 1. The van der Waals surface area contributed by atoms with Gasteiger partial charge in [0.15, 0.2) is 0 Å². The topological polar surface area (TPSA) is 88.5 Å². The van der Waals surface area contributed by atoms with Gasteiger partial charge in [-0.1, -0.05) is 36.4 Å². The molecule has 3 aromatic rings. The number of hydrogen-bond acceptors (Lipinski definition) is 4. The molecule has 192 valence electrons. The molecule has 6 nitrogen and oxygen atoms in total. The molecule has 0 bridgehead atoms. The van der Waals surface area contributed by atoms with E-state index in [0.717, 1.165) is 67.4 Å². The molecule has 0 saturated heterocycles. The molecule has 6 heteroatoms. The van der Waals surface area contributed by atoms with E-state index in [4.69, 9.17) is 4.74 Å². The average Bonchev–Trinajstić information content (AvgIpc) is 3.26. The molecule has 0 atom stereocenters. The molecule has 2 N–H and O–H groups in total. The summed E-state index contributed by atoms with van der Waals surface area (Å²) in [6, 6.07) is 18.3. The van der Waals surface area contributed by atoms with Crippen molar-refractivity contribution in [3.63, 3.8) is 0 Å². The van der Waals surface area contributed by atoms with E-state index in [1.165, 1.54) is 11.1 Å². The lowest BCUT2D eigenvalue weighted by molar-refractivity contribution is -0.143. The van der Waals surface area contributed by atoms with Gasteiger partial charge in [0.05, 0.1) is 18.9 Å². The summed E-state index contributed by atoms with van der Waals surface area (Å²) < 4.78 is 6.04. The van der Waals surface area contributed by atoms with Crippen molar-refractivity contribution in [3.05, 3.63) is 83.7 Å². The molecule has 2 aromatic carbocycles. The standard InChI is InChI=1S/C31H34N2O4/c34-29(19-22-4-1-5-25(18-22)26-6-2-15-32-21-26)33-16-3-17-37-27-8-7-23-9-12-31(28(23)20-27)13-10-24(11-14-31)30(35)36/h1-2,4-8,15,18,20-21,24H,3,9-14,16-17,19H2,(H,33,34)(H,35,36). The Morgan fingerprint density at radius 2 is 1.86 bits per heavy atom. The first kappa shape index (κ1) is 25.0. The highest BCUT2D eigenvalue weighted by Gasteiger charge is 2.43. The Balaban J connectivity index is 1.08. The van der Waals surface area contributed by atoms with Gasteiger partial charge in [0, 0.05) is 18.9 Å². The van der Waals surface area contributed by atoms with E-state index in [0.29, 0.717) is 19.6 Å². The third-order valence-corrected chi connectivity index (χ3v) is 8.02. The monoisotopic (exact) mass is 498 g/mol. The molecule has 37 heavy (non-hydrogen) atoms. The van der Waals surface area contributed by atoms with Crippen molar-refractivity contribution in [3.8, 4) is 16.9 Å². The number of aryl methyl sites for hydroxylation is 1. The van der Waals surface area contributed by atoms with Crippen LogP contribution in [-0.4, -0.2) is 35.1 Å². The van der Waals surface area contributed by atoms with Crippen LogP contribution in [0.3, 0.4) is 0 Å². The van der Waals surface area contributed by atoms with Crippen molar-refractivity contribution < 1.29 is 19.4 Å². The lowest BCUT2D eigenvalue weighted by atomic mass is 9.67. The van der Waals surface area contributed by atoms with Crippen molar-refractivity contribution >= 4 is 11.9 Å². The molecule has 2 aliphatic rings. The average molecular weight is 499 g/mol. The number of rotatable bonds is 9. The molecular weight excluding hydrogens is 464 g/mol. The van der Waals surface area contributed by atoms with Gasteiger partial charge in [-0.25, -0.2) is 0 Å². The molecular formula is C31H34N2O4. The molecule has 1 saturated carbocycles. The summed E-state index contributed by atoms with van der Waals surface area (Å²) in [5, 5.41) is 12.4. The van der Waals surface area contributed by atoms with Crippen LogP contribution in [0.2, 0.25) is 0 Å². The first-order chi connectivity index (χ1) is 18.0. The van der Waals surface area contributed by atoms with Gasteiger partial charge in [-0.2, -0.15) is 0 Å². The van der Waals surface area contributed by atoms with Gasteiger partial charge in [0.25, 0.3) is 0 Å². The van der Waals surface area contributed by atoms with Crippen LogP contribution in [0.1, 0.15) is 55.2 Å². The van der Waals surface area contributed by atoms with Gasteiger partial charge in [-0.3, -0.25) is 14.6 Å². The van der Waals surface area contributed by atoms with Crippen LogP contribution >= 0.6 is 0 Å². The van der Waals surface area contributed by atoms with Gasteiger partial charge in [0.1, 0.15) is 5.75 Å². The number of ether oxygens (including phenoxy) is 1. The predicted octanol–water partition coefficient (Wildman–Crippen LogP) is 5.34. The first-order valence-corrected chi connectivity index (χ1v) is 13.3. The quantitative estimate of drug-likeness (QED) is 0.389. The minimum absolute atomic E-state index is 0.000210. The number of carbonyl (C=O) groups excluding carboxylic acids is 1. The van der Waals surface area contributed by atoms with E-state index < -0.39 is 5.97 Å². The van der Waals surface area contributed by atoms with E-state index in [1.54, 1.807) is 6.20 Å². The minimum atomic E-state index is -0.657. The number of hydrogen-bond donors (Lipinski definition) is 2. The highest BCUT2D eigenvalue weighted by Crippen LogP contribution is 2.50. The van der Waals surface area contributed by atoms with Crippen LogP contribution < -0.4 is 10.1 Å². The summed E-state index contributed by atoms with van der Waals surface area (Å²) in [5.41, 5.74) is 5.91. The number of nitrogens with zero attached hydrogens (tertiary/aromatic N) is 1. The van der Waals surface area contributed by atoms with Crippen molar-refractivity contribution in [1.82, 2.24) is 10.3 Å². The molecule has 1 amide bonds. The Bertz CT molecular complexity index is 1250. The highest BCUT2D eigenvalue weighted by molar-refractivity contribution is 5.79. The fraction of sp³-hybridized carbons (Fsp3) is 0.387. The van der Waals surface area contributed by atoms with Crippen LogP contribution in [0.4, 0.5) is 0 Å². The smallest absolute Gasteiger partial charge is 0.306 e. The van der Waals surface area contributed by atoms with Crippen LogP contribution in [0.25, 0.3) is 11.1 Å². The van der Waals surface area contributed by atoms with Crippen molar-refractivity contribution in [2.45, 2.75) is 56.8 Å². The van der Waals surface area contributed by atoms with Crippen LogP contribution in [0.15, 0.2) is 67.0 Å². The largest absolute Gasteiger partial charge is 0.494 e. The van der Waals surface area contributed by atoms with Gasteiger partial charge in [0.2, 0.25) is 5.91 Å². The zero-order valence-electron chi connectivity index (χ0n) is 21.1. The van der Waals surface area contributed by atoms with Crippen molar-refractivity contribution in [1.29, 1.82) is 0 Å². The second-order valence-electron chi connectivity index (χ2n) is 10.4. The molecule has 0 radical (unpaired) electrons. The number of aromatic nitrogens is 1. The Morgan fingerprint density at radius 3 is 2.65 bits per heavy atom. The maximum absolute atomic E-state index is 12.5. The molecule has 1 spiro atoms. The Kier molecular flexibility index (Phi) is 7.54. The normalized spacial score (nSPS) is 20.4. The molecule has 5 rings (SSSR count). The second kappa shape index (κ2) is 11.2. The van der Waals surface area contributed by atoms with E-state index in [1.807, 2.05) is 48.7 Å². The number of fused-ring (bicyclic) bond motifs is 2. The Labute approximate surface area is 218 Å². The summed E-state index contributed by atoms with van der Waals surface area (Å²) in [6.07, 6.45) is 10.2. The van der Waals surface area contributed by atoms with Crippen molar-refractivity contribution in [2.24, 2.45) is 5.92 Å². The fourth-order valence-corrected chi connectivity index (χ4v) is 5.93. The van der Waals surface area contributed by atoms with E-state index in [-0.39, 0.29) is 17.2 Å². The number of nitrogens with one attached hydrogen (secondary N) is 1. The van der Waals surface area contributed by atoms with Crippen LogP contribution in [0.5, 0.6) is 5.75 Å². The van der Waals surface area contributed by atoms with Gasteiger partial charge in [-0.15, -0.1) is 0 Å². The first-order valence-electron chi connectivity index (χ1n) is 13.3. The Hall–Kier alpha value is -3.67. The molecule has 1 aromatic heterocycles. The number of carbonyl (C=O) groups is 2. The Morgan fingerprint density at radius 1 is 1.03 bits per heavy atom. The summed E-state index contributed by atoms with van der Waals surface area (Å²) in [7, 11) is 0. The number of aliphatic carboxylic acids is 1. The van der Waals surface area contributed by atoms with E-state index >= 15 is 0 Å². The molecule has 1 heterocycles. The zero-order chi connectivity index (χ0) is 25.7. The lowest BCUT2D eigenvalue weighted by Gasteiger charge is -2.37. The summed E-state index contributed by atoms with van der Waals surface area (Å²) >= 11 is 0. The molecule has 2 aliphatic carbocycles. The second-order valence-corrected chi connectivity index (χ2v) is 10.4. The number of benzene rings is 2.